The molecule has 1 aliphatic carbocycles. The van der Waals surface area contributed by atoms with Crippen molar-refractivity contribution >= 4 is 23.4 Å². The van der Waals surface area contributed by atoms with Crippen LogP contribution >= 0.6 is 11.6 Å². The molecule has 3 rings (SSSR count). The van der Waals surface area contributed by atoms with Crippen molar-refractivity contribution in [2.45, 2.75) is 70.7 Å². The van der Waals surface area contributed by atoms with E-state index in [1.165, 1.54) is 24.1 Å². The summed E-state index contributed by atoms with van der Waals surface area (Å²) in [6, 6.07) is 10.2. The molecule has 2 amide bonds. The second-order valence-electron chi connectivity index (χ2n) is 9.10. The van der Waals surface area contributed by atoms with Gasteiger partial charge in [-0.05, 0) is 62.1 Å². The number of amides is 2. The third-order valence-corrected chi connectivity index (χ3v) is 6.31. The number of hydrogen-bond acceptors (Lipinski definition) is 4. The second-order valence-corrected chi connectivity index (χ2v) is 9.37. The SMILES string of the molecule is COc1cc(C(C(=O)NC2CCCCC2)N(Cc2ccc(F)cc2)C(=O)CCl)ccc1OC(C)C. The topological polar surface area (TPSA) is 67.9 Å². The molecule has 2 aromatic carbocycles. The van der Waals surface area contributed by atoms with Gasteiger partial charge in [0.25, 0.3) is 0 Å². The zero-order valence-electron chi connectivity index (χ0n) is 20.6. The summed E-state index contributed by atoms with van der Waals surface area (Å²) in [5, 5.41) is 3.15. The number of alkyl halides is 1. The lowest BCUT2D eigenvalue weighted by molar-refractivity contribution is -0.140. The number of nitrogens with zero attached hydrogens (tertiary/aromatic N) is 1. The molecule has 0 aliphatic heterocycles. The molecule has 0 aromatic heterocycles. The fraction of sp³-hybridized carbons (Fsp3) is 0.481. The van der Waals surface area contributed by atoms with E-state index in [9.17, 15) is 14.0 Å². The van der Waals surface area contributed by atoms with Crippen LogP contribution in [-0.4, -0.2) is 41.8 Å². The number of halogens is 2. The molecule has 1 aliphatic rings. The van der Waals surface area contributed by atoms with Crippen LogP contribution in [0.4, 0.5) is 4.39 Å². The van der Waals surface area contributed by atoms with Crippen LogP contribution in [0.3, 0.4) is 0 Å². The maximum atomic E-state index is 13.7. The molecule has 1 fully saturated rings. The molecule has 1 atom stereocenters. The lowest BCUT2D eigenvalue weighted by atomic mass is 9.94. The lowest BCUT2D eigenvalue weighted by Crippen LogP contribution is -2.47. The molecular formula is C27H34ClFN2O4. The summed E-state index contributed by atoms with van der Waals surface area (Å²) in [6.07, 6.45) is 5.03. The van der Waals surface area contributed by atoms with Gasteiger partial charge in [-0.2, -0.15) is 0 Å². The first-order chi connectivity index (χ1) is 16.8. The van der Waals surface area contributed by atoms with Crippen molar-refractivity contribution in [3.8, 4) is 11.5 Å². The Hall–Kier alpha value is -2.80. The first kappa shape index (κ1) is 26.8. The maximum absolute atomic E-state index is 13.7. The zero-order chi connectivity index (χ0) is 25.4. The number of carbonyl (C=O) groups is 2. The van der Waals surface area contributed by atoms with Gasteiger partial charge in [0.05, 0.1) is 13.2 Å². The predicted octanol–water partition coefficient (Wildman–Crippen LogP) is 5.38. The molecule has 1 saturated carbocycles. The fourth-order valence-corrected chi connectivity index (χ4v) is 4.55. The van der Waals surface area contributed by atoms with Gasteiger partial charge < -0.3 is 19.7 Å². The highest BCUT2D eigenvalue weighted by molar-refractivity contribution is 6.27. The molecule has 190 valence electrons. The predicted molar refractivity (Wildman–Crippen MR) is 134 cm³/mol. The summed E-state index contributed by atoms with van der Waals surface area (Å²) in [5.74, 6) is -0.336. The number of ether oxygens (including phenoxy) is 2. The van der Waals surface area contributed by atoms with Gasteiger partial charge in [0.2, 0.25) is 11.8 Å². The van der Waals surface area contributed by atoms with Gasteiger partial charge >= 0.3 is 0 Å². The molecule has 1 unspecified atom stereocenters. The lowest BCUT2D eigenvalue weighted by Gasteiger charge is -2.33. The maximum Gasteiger partial charge on any atom is 0.247 e. The quantitative estimate of drug-likeness (QED) is 0.441. The number of benzene rings is 2. The van der Waals surface area contributed by atoms with Crippen molar-refractivity contribution in [1.29, 1.82) is 0 Å². The Balaban J connectivity index is 2.01. The van der Waals surface area contributed by atoms with Gasteiger partial charge in [-0.3, -0.25) is 9.59 Å². The Morgan fingerprint density at radius 1 is 1.09 bits per heavy atom. The number of nitrogens with one attached hydrogen (secondary N) is 1. The van der Waals surface area contributed by atoms with E-state index in [1.807, 2.05) is 13.8 Å². The summed E-state index contributed by atoms with van der Waals surface area (Å²) in [5.41, 5.74) is 1.26. The Bertz CT molecular complexity index is 993. The molecule has 0 spiro atoms. The summed E-state index contributed by atoms with van der Waals surface area (Å²) in [7, 11) is 1.53. The molecule has 0 radical (unpaired) electrons. The molecule has 8 heteroatoms. The molecule has 6 nitrogen and oxygen atoms in total. The smallest absolute Gasteiger partial charge is 0.247 e. The minimum absolute atomic E-state index is 0.0583. The second kappa shape index (κ2) is 12.8. The molecule has 0 heterocycles. The molecule has 1 N–H and O–H groups in total. The van der Waals surface area contributed by atoms with E-state index >= 15 is 0 Å². The van der Waals surface area contributed by atoms with Crippen LogP contribution in [-0.2, 0) is 16.1 Å². The minimum atomic E-state index is -0.949. The van der Waals surface area contributed by atoms with E-state index in [0.717, 1.165) is 32.1 Å². The third kappa shape index (κ3) is 7.34. The van der Waals surface area contributed by atoms with E-state index in [1.54, 1.807) is 30.3 Å². The Morgan fingerprint density at radius 3 is 2.37 bits per heavy atom. The number of rotatable bonds is 10. The van der Waals surface area contributed by atoms with Crippen molar-refractivity contribution in [1.82, 2.24) is 10.2 Å². The van der Waals surface area contributed by atoms with Crippen LogP contribution in [0.15, 0.2) is 42.5 Å². The largest absolute Gasteiger partial charge is 0.493 e. The first-order valence-corrected chi connectivity index (χ1v) is 12.6. The van der Waals surface area contributed by atoms with Crippen molar-refractivity contribution in [3.05, 3.63) is 59.4 Å². The van der Waals surface area contributed by atoms with E-state index in [2.05, 4.69) is 5.32 Å². The molecule has 2 aromatic rings. The van der Waals surface area contributed by atoms with Crippen LogP contribution in [0, 0.1) is 5.82 Å². The van der Waals surface area contributed by atoms with Gasteiger partial charge in [-0.1, -0.05) is 37.5 Å². The van der Waals surface area contributed by atoms with Gasteiger partial charge in [0.15, 0.2) is 11.5 Å². The van der Waals surface area contributed by atoms with E-state index < -0.39 is 11.9 Å². The van der Waals surface area contributed by atoms with Crippen LogP contribution in [0.5, 0.6) is 11.5 Å². The van der Waals surface area contributed by atoms with Crippen LogP contribution in [0.2, 0.25) is 0 Å². The normalized spacial score (nSPS) is 14.9. The highest BCUT2D eigenvalue weighted by Gasteiger charge is 2.33. The van der Waals surface area contributed by atoms with Gasteiger partial charge in [0.1, 0.15) is 17.7 Å². The van der Waals surface area contributed by atoms with E-state index in [0.29, 0.717) is 22.6 Å². The summed E-state index contributed by atoms with van der Waals surface area (Å²) in [4.78, 5) is 28.2. The monoisotopic (exact) mass is 504 g/mol. The molecule has 0 bridgehead atoms. The standard InChI is InChI=1S/C27H34ClFN2O4/c1-18(2)35-23-14-11-20(15-24(23)34-3)26(27(33)30-22-7-5-4-6-8-22)31(25(32)16-28)17-19-9-12-21(29)13-10-19/h9-15,18,22,26H,4-8,16-17H2,1-3H3,(H,30,33). The highest BCUT2D eigenvalue weighted by Crippen LogP contribution is 2.34. The van der Waals surface area contributed by atoms with Crippen LogP contribution in [0.25, 0.3) is 0 Å². The Labute approximate surface area is 211 Å². The van der Waals surface area contributed by atoms with Crippen molar-refractivity contribution < 1.29 is 23.5 Å². The van der Waals surface area contributed by atoms with E-state index in [4.69, 9.17) is 21.1 Å². The van der Waals surface area contributed by atoms with Crippen molar-refractivity contribution in [3.63, 3.8) is 0 Å². The fourth-order valence-electron chi connectivity index (χ4n) is 4.39. The van der Waals surface area contributed by atoms with Crippen LogP contribution in [0.1, 0.15) is 63.1 Å². The third-order valence-electron chi connectivity index (χ3n) is 6.08. The van der Waals surface area contributed by atoms with Gasteiger partial charge in [0, 0.05) is 12.6 Å². The summed E-state index contributed by atoms with van der Waals surface area (Å²) >= 11 is 5.98. The van der Waals surface area contributed by atoms with Crippen molar-refractivity contribution in [2.75, 3.05) is 13.0 Å². The Morgan fingerprint density at radius 2 is 1.77 bits per heavy atom. The number of carbonyl (C=O) groups excluding carboxylic acids is 2. The molecular weight excluding hydrogens is 471 g/mol. The minimum Gasteiger partial charge on any atom is -0.493 e. The number of methoxy groups -OCH3 is 1. The summed E-state index contributed by atoms with van der Waals surface area (Å²) in [6.45, 7) is 3.93. The summed E-state index contributed by atoms with van der Waals surface area (Å²) < 4.78 is 24.8. The highest BCUT2D eigenvalue weighted by atomic mass is 35.5. The number of hydrogen-bond donors (Lipinski definition) is 1. The van der Waals surface area contributed by atoms with Gasteiger partial charge in [-0.25, -0.2) is 4.39 Å². The van der Waals surface area contributed by atoms with Gasteiger partial charge in [-0.15, -0.1) is 11.6 Å². The Kier molecular flexibility index (Phi) is 9.78. The average molecular weight is 505 g/mol. The zero-order valence-corrected chi connectivity index (χ0v) is 21.3. The van der Waals surface area contributed by atoms with Crippen LogP contribution < -0.4 is 14.8 Å². The van der Waals surface area contributed by atoms with Crippen molar-refractivity contribution in [2.24, 2.45) is 0 Å². The average Bonchev–Trinajstić information content (AvgIpc) is 2.85. The molecule has 0 saturated heterocycles. The first-order valence-electron chi connectivity index (χ1n) is 12.1. The molecule has 35 heavy (non-hydrogen) atoms. The van der Waals surface area contributed by atoms with E-state index in [-0.39, 0.29) is 36.3 Å².